The second kappa shape index (κ2) is 12.4. The van der Waals surface area contributed by atoms with E-state index >= 15 is 0 Å². The van der Waals surface area contributed by atoms with Crippen LogP contribution in [0.5, 0.6) is 0 Å². The van der Waals surface area contributed by atoms with Crippen molar-refractivity contribution in [2.24, 2.45) is 0 Å². The van der Waals surface area contributed by atoms with Gasteiger partial charge < -0.3 is 18.9 Å². The summed E-state index contributed by atoms with van der Waals surface area (Å²) in [4.78, 5) is 19.7. The minimum atomic E-state index is -2.43. The van der Waals surface area contributed by atoms with E-state index in [1.54, 1.807) is 0 Å². The molecule has 0 aliphatic heterocycles. The first kappa shape index (κ1) is 20.7. The van der Waals surface area contributed by atoms with Crippen LogP contribution in [0.1, 0.15) is 6.42 Å². The van der Waals surface area contributed by atoms with E-state index < -0.39 is 29.7 Å². The average molecular weight is 260 g/mol. The van der Waals surface area contributed by atoms with E-state index in [-0.39, 0.29) is 35.1 Å². The molecular weight excluding hydrogens is 251 g/mol. The average Bonchev–Trinajstić information content (AvgIpc) is 2.03. The normalized spacial score (nSPS) is 9.56. The van der Waals surface area contributed by atoms with E-state index in [2.05, 4.69) is 17.3 Å². The molecule has 0 aliphatic carbocycles. The minimum Gasteiger partial charge on any atom is -0.740 e. The smallest absolute Gasteiger partial charge is 0.740 e. The van der Waals surface area contributed by atoms with Gasteiger partial charge >= 0.3 is 41.5 Å². The fourth-order valence-electron chi connectivity index (χ4n) is 0.314. The molecule has 86 valence electrons. The van der Waals surface area contributed by atoms with Gasteiger partial charge in [0.25, 0.3) is 0 Å². The standard InChI is InChI=1S/C5H6O4.C2H4O3S.Na/c1-3(5(8)9)2-4(6)7;1-2-5-6(3)4;/h1-2H2,(H,6,7)(H,8,9);2H,1H2,(H,3,4);/q;;+1/p-1. The molecule has 7 nitrogen and oxygen atoms in total. The molecule has 0 amide bonds. The molecule has 0 aliphatic rings. The summed E-state index contributed by atoms with van der Waals surface area (Å²) in [5, 5.41) is 16.1. The van der Waals surface area contributed by atoms with Crippen LogP contribution in [-0.4, -0.2) is 30.9 Å². The predicted molar refractivity (Wildman–Crippen MR) is 49.2 cm³/mol. The van der Waals surface area contributed by atoms with Gasteiger partial charge in [-0.05, 0) is 0 Å². The molecule has 0 spiro atoms. The van der Waals surface area contributed by atoms with Gasteiger partial charge in [-0.25, -0.2) is 9.00 Å². The van der Waals surface area contributed by atoms with Gasteiger partial charge in [0.05, 0.1) is 12.7 Å². The molecule has 0 saturated heterocycles. The molecule has 0 bridgehead atoms. The van der Waals surface area contributed by atoms with E-state index in [9.17, 15) is 18.4 Å². The number of carboxylic acids is 2. The van der Waals surface area contributed by atoms with Crippen molar-refractivity contribution < 1.29 is 62.3 Å². The van der Waals surface area contributed by atoms with E-state index in [1.807, 2.05) is 0 Å². The molecule has 0 aromatic rings. The van der Waals surface area contributed by atoms with E-state index in [0.717, 1.165) is 6.26 Å². The molecule has 0 saturated carbocycles. The van der Waals surface area contributed by atoms with Crippen LogP contribution in [-0.2, 0) is 25.1 Å². The second-order valence-electron chi connectivity index (χ2n) is 1.95. The van der Waals surface area contributed by atoms with Gasteiger partial charge in [-0.15, -0.1) is 0 Å². The second-order valence-corrected chi connectivity index (χ2v) is 2.55. The number of hydrogen-bond acceptors (Lipinski definition) is 5. The molecule has 1 atom stereocenters. The Balaban J connectivity index is -0.000000214. The largest absolute Gasteiger partial charge is 1.00 e. The Morgan fingerprint density at radius 3 is 1.94 bits per heavy atom. The van der Waals surface area contributed by atoms with Gasteiger partial charge in [0.1, 0.15) is 11.4 Å². The van der Waals surface area contributed by atoms with Crippen LogP contribution in [0.2, 0.25) is 0 Å². The predicted octanol–water partition coefficient (Wildman–Crippen LogP) is -2.95. The molecule has 0 aromatic heterocycles. The summed E-state index contributed by atoms with van der Waals surface area (Å²) < 4.78 is 22.3. The topological polar surface area (TPSA) is 124 Å². The van der Waals surface area contributed by atoms with E-state index in [1.165, 1.54) is 0 Å². The summed E-state index contributed by atoms with van der Waals surface area (Å²) >= 11 is -2.43. The molecular formula is C7H9NaO7S. The van der Waals surface area contributed by atoms with E-state index in [0.29, 0.717) is 0 Å². The number of carboxylic acid groups (broad SMARTS) is 2. The Hall–Kier alpha value is -0.670. The quantitative estimate of drug-likeness (QED) is 0.234. The molecule has 0 aromatic carbocycles. The van der Waals surface area contributed by atoms with Gasteiger partial charge in [0.15, 0.2) is 0 Å². The van der Waals surface area contributed by atoms with Crippen LogP contribution in [0.15, 0.2) is 25.0 Å². The van der Waals surface area contributed by atoms with Crippen LogP contribution >= 0.6 is 0 Å². The first-order chi connectivity index (χ1) is 6.81. The number of aliphatic carboxylic acids is 2. The number of carbonyl (C=O) groups is 2. The van der Waals surface area contributed by atoms with Crippen molar-refractivity contribution in [3.63, 3.8) is 0 Å². The fraction of sp³-hybridized carbons (Fsp3) is 0.143. The van der Waals surface area contributed by atoms with Crippen molar-refractivity contribution in [1.82, 2.24) is 0 Å². The minimum absolute atomic E-state index is 0. The van der Waals surface area contributed by atoms with Gasteiger partial charge in [0, 0.05) is 5.57 Å². The van der Waals surface area contributed by atoms with Crippen molar-refractivity contribution in [3.05, 3.63) is 25.0 Å². The van der Waals surface area contributed by atoms with Crippen molar-refractivity contribution in [2.45, 2.75) is 6.42 Å². The third-order valence-corrected chi connectivity index (χ3v) is 1.11. The third kappa shape index (κ3) is 19.0. The number of hydrogen-bond donors (Lipinski definition) is 2. The van der Waals surface area contributed by atoms with Crippen molar-refractivity contribution in [3.8, 4) is 0 Å². The Morgan fingerprint density at radius 2 is 1.88 bits per heavy atom. The summed E-state index contributed by atoms with van der Waals surface area (Å²) in [5.74, 6) is -2.44. The zero-order valence-corrected chi connectivity index (χ0v) is 11.4. The molecule has 0 fully saturated rings. The maximum Gasteiger partial charge on any atom is 1.00 e. The monoisotopic (exact) mass is 260 g/mol. The molecule has 16 heavy (non-hydrogen) atoms. The van der Waals surface area contributed by atoms with Crippen LogP contribution in [0.4, 0.5) is 0 Å². The number of rotatable bonds is 5. The Labute approximate surface area is 117 Å². The molecule has 0 rings (SSSR count). The van der Waals surface area contributed by atoms with Crippen molar-refractivity contribution in [1.29, 1.82) is 0 Å². The maximum absolute atomic E-state index is 9.87. The first-order valence-electron chi connectivity index (χ1n) is 3.31. The summed E-state index contributed by atoms with van der Waals surface area (Å²) in [5.41, 5.74) is -0.303. The summed E-state index contributed by atoms with van der Waals surface area (Å²) in [6.45, 7) is 6.00. The fourth-order valence-corrected chi connectivity index (χ4v) is 0.425. The maximum atomic E-state index is 9.87. The molecule has 2 N–H and O–H groups in total. The van der Waals surface area contributed by atoms with Crippen molar-refractivity contribution >= 4 is 23.3 Å². The van der Waals surface area contributed by atoms with Gasteiger partial charge in [0.2, 0.25) is 0 Å². The van der Waals surface area contributed by atoms with E-state index in [4.69, 9.17) is 10.2 Å². The Kier molecular flexibility index (Phi) is 16.0. The summed E-state index contributed by atoms with van der Waals surface area (Å²) in [6.07, 6.45) is 0.332. The zero-order chi connectivity index (χ0) is 12.4. The Bertz CT molecular complexity index is 288. The SMILES string of the molecule is C=C(CC(=O)O)C(=O)O.C=COS(=O)[O-].[Na+]. The third-order valence-electron chi connectivity index (χ3n) is 0.814. The molecule has 9 heteroatoms. The van der Waals surface area contributed by atoms with Crippen LogP contribution in [0.3, 0.4) is 0 Å². The Morgan fingerprint density at radius 1 is 1.44 bits per heavy atom. The van der Waals surface area contributed by atoms with Crippen LogP contribution in [0, 0.1) is 0 Å². The van der Waals surface area contributed by atoms with Gasteiger partial charge in [-0.1, -0.05) is 13.2 Å². The molecule has 0 radical (unpaired) electrons. The molecule has 0 heterocycles. The van der Waals surface area contributed by atoms with Gasteiger partial charge in [-0.2, -0.15) is 0 Å². The first-order valence-corrected chi connectivity index (χ1v) is 4.31. The summed E-state index contributed by atoms with van der Waals surface area (Å²) in [6, 6.07) is 0. The van der Waals surface area contributed by atoms with Crippen LogP contribution < -0.4 is 29.6 Å². The van der Waals surface area contributed by atoms with Crippen molar-refractivity contribution in [2.75, 3.05) is 0 Å². The van der Waals surface area contributed by atoms with Crippen LogP contribution in [0.25, 0.3) is 0 Å². The van der Waals surface area contributed by atoms with Gasteiger partial charge in [-0.3, -0.25) is 4.79 Å². The summed E-state index contributed by atoms with van der Waals surface area (Å²) in [7, 11) is 0. The molecule has 1 unspecified atom stereocenters. The zero-order valence-electron chi connectivity index (χ0n) is 8.54.